The van der Waals surface area contributed by atoms with E-state index in [0.29, 0.717) is 44.0 Å². The Hall–Kier alpha value is -4.74. The van der Waals surface area contributed by atoms with Crippen LogP contribution < -0.4 is 34.9 Å². The van der Waals surface area contributed by atoms with Crippen molar-refractivity contribution < 1.29 is 51.1 Å². The van der Waals surface area contributed by atoms with Crippen LogP contribution in [0.3, 0.4) is 0 Å². The van der Waals surface area contributed by atoms with Gasteiger partial charge in [0.2, 0.25) is 35.2 Å². The van der Waals surface area contributed by atoms with E-state index in [-0.39, 0.29) is 49.1 Å². The van der Waals surface area contributed by atoms with E-state index in [4.69, 9.17) is 18.4 Å². The monoisotopic (exact) mass is 831 g/mol. The van der Waals surface area contributed by atoms with Gasteiger partial charge in [-0.15, -0.1) is 0 Å². The van der Waals surface area contributed by atoms with Gasteiger partial charge in [0.25, 0.3) is 6.47 Å². The maximum absolute atomic E-state index is 15.5. The van der Waals surface area contributed by atoms with Crippen molar-refractivity contribution in [1.82, 2.24) is 26.2 Å². The maximum atomic E-state index is 15.5. The standard InChI is InChI=1S/C41H55F2N5O9S/c1-5-26(2)32-21-33(42)39(37(43)38(32)56-25-49)57-58-24-30(19-28-9-7-6-8-10-28)46-41(53)34(20-29-11-13-31(54-4)14-12-29)47-40(52)27(3)45-35(50)22-44-36(51)23-48-15-17-55-18-16-48/h5,11-14,21,25,27-28,30,34H,6-10,15-20,22-24H2,1-4H3,(H,44,51)(H,45,50)(H,46,53)(H,47,52)/b26-5-/t27-,30-,34-/m0/s1. The van der Waals surface area contributed by atoms with Crippen molar-refractivity contribution in [2.24, 2.45) is 5.92 Å². The molecule has 318 valence electrons. The van der Waals surface area contributed by atoms with Crippen molar-refractivity contribution in [3.8, 4) is 17.2 Å². The third kappa shape index (κ3) is 14.3. The second-order valence-corrected chi connectivity index (χ2v) is 15.2. The topological polar surface area (TPSA) is 174 Å². The van der Waals surface area contributed by atoms with Crippen LogP contribution in [0.15, 0.2) is 36.4 Å². The number of hydrogen-bond acceptors (Lipinski definition) is 11. The fourth-order valence-corrected chi connectivity index (χ4v) is 7.52. The molecular formula is C41H55F2N5O9S. The number of nitrogens with one attached hydrogen (secondary N) is 4. The molecule has 1 aliphatic heterocycles. The number of amides is 4. The van der Waals surface area contributed by atoms with Gasteiger partial charge in [-0.2, -0.15) is 4.39 Å². The molecule has 58 heavy (non-hydrogen) atoms. The van der Waals surface area contributed by atoms with E-state index >= 15 is 8.78 Å². The molecule has 1 saturated carbocycles. The third-order valence-electron chi connectivity index (χ3n) is 10.2. The number of methoxy groups -OCH3 is 1. The van der Waals surface area contributed by atoms with Gasteiger partial charge >= 0.3 is 0 Å². The number of nitrogens with zero attached hydrogens (tertiary/aromatic N) is 1. The molecule has 0 unspecified atom stereocenters. The largest absolute Gasteiger partial charge is 0.497 e. The van der Waals surface area contributed by atoms with Crippen LogP contribution in [0.25, 0.3) is 5.57 Å². The molecule has 4 N–H and O–H groups in total. The zero-order valence-electron chi connectivity index (χ0n) is 33.5. The molecule has 0 bridgehead atoms. The zero-order chi connectivity index (χ0) is 42.0. The number of hydrogen-bond donors (Lipinski definition) is 4. The van der Waals surface area contributed by atoms with Gasteiger partial charge in [0, 0.05) is 31.1 Å². The Bertz CT molecular complexity index is 1740. The van der Waals surface area contributed by atoms with Crippen molar-refractivity contribution in [1.29, 1.82) is 0 Å². The van der Waals surface area contributed by atoms with E-state index in [0.717, 1.165) is 55.8 Å². The highest BCUT2D eigenvalue weighted by atomic mass is 32.2. The lowest BCUT2D eigenvalue weighted by Crippen LogP contribution is -2.56. The molecule has 0 aromatic heterocycles. The molecule has 17 heteroatoms. The molecule has 0 radical (unpaired) electrons. The Morgan fingerprint density at radius 3 is 2.34 bits per heavy atom. The minimum atomic E-state index is -1.18. The van der Waals surface area contributed by atoms with E-state index in [2.05, 4.69) is 21.3 Å². The number of allylic oxidation sites excluding steroid dienone is 2. The molecule has 2 aromatic rings. The predicted octanol–water partition coefficient (Wildman–Crippen LogP) is 4.09. The Morgan fingerprint density at radius 2 is 1.69 bits per heavy atom. The highest BCUT2D eigenvalue weighted by molar-refractivity contribution is 7.95. The average Bonchev–Trinajstić information content (AvgIpc) is 3.22. The quantitative estimate of drug-likeness (QED) is 0.105. The average molecular weight is 832 g/mol. The van der Waals surface area contributed by atoms with E-state index in [9.17, 15) is 24.0 Å². The first-order valence-electron chi connectivity index (χ1n) is 19.6. The van der Waals surface area contributed by atoms with Crippen LogP contribution in [-0.2, 0) is 35.1 Å². The molecule has 2 aliphatic rings. The van der Waals surface area contributed by atoms with Crippen LogP contribution >= 0.6 is 12.0 Å². The van der Waals surface area contributed by atoms with E-state index < -0.39 is 59.0 Å². The summed E-state index contributed by atoms with van der Waals surface area (Å²) in [6.07, 6.45) is 7.37. The molecule has 1 heterocycles. The first-order valence-corrected chi connectivity index (χ1v) is 20.5. The number of benzene rings is 2. The molecule has 0 spiro atoms. The van der Waals surface area contributed by atoms with Gasteiger partial charge in [0.1, 0.15) is 17.8 Å². The number of halogens is 2. The Labute approximate surface area is 342 Å². The summed E-state index contributed by atoms with van der Waals surface area (Å²) in [6.45, 7) is 6.90. The summed E-state index contributed by atoms with van der Waals surface area (Å²) in [5.41, 5.74) is 1.27. The van der Waals surface area contributed by atoms with Gasteiger partial charge < -0.3 is 39.7 Å². The van der Waals surface area contributed by atoms with Crippen molar-refractivity contribution >= 4 is 47.7 Å². The minimum Gasteiger partial charge on any atom is -0.497 e. The van der Waals surface area contributed by atoms with Crippen molar-refractivity contribution in [3.05, 3.63) is 59.2 Å². The lowest BCUT2D eigenvalue weighted by molar-refractivity contribution is -0.132. The maximum Gasteiger partial charge on any atom is 0.298 e. The van der Waals surface area contributed by atoms with Crippen molar-refractivity contribution in [2.75, 3.05) is 52.3 Å². The van der Waals surface area contributed by atoms with Crippen LogP contribution in [0.1, 0.15) is 70.4 Å². The second kappa shape index (κ2) is 23.6. The van der Waals surface area contributed by atoms with Gasteiger partial charge in [-0.3, -0.25) is 28.9 Å². The molecule has 1 aliphatic carbocycles. The zero-order valence-corrected chi connectivity index (χ0v) is 34.4. The predicted molar refractivity (Wildman–Crippen MR) is 215 cm³/mol. The molecule has 2 aromatic carbocycles. The summed E-state index contributed by atoms with van der Waals surface area (Å²) in [5.74, 6) is -4.45. The molecule has 2 fully saturated rings. The van der Waals surface area contributed by atoms with Gasteiger partial charge in [-0.25, -0.2) is 4.39 Å². The van der Waals surface area contributed by atoms with Crippen LogP contribution in [-0.4, -0.2) is 105 Å². The number of ether oxygens (including phenoxy) is 3. The highest BCUT2D eigenvalue weighted by Crippen LogP contribution is 2.38. The first-order chi connectivity index (χ1) is 27.9. The van der Waals surface area contributed by atoms with Gasteiger partial charge in [0.15, 0.2) is 11.6 Å². The Kier molecular flexibility index (Phi) is 18.7. The smallest absolute Gasteiger partial charge is 0.298 e. The lowest BCUT2D eigenvalue weighted by atomic mass is 9.85. The Morgan fingerprint density at radius 1 is 0.983 bits per heavy atom. The molecule has 4 amide bonds. The SMILES string of the molecule is C/C=C(/C)c1cc(F)c(OSC[C@H](CC2CCCCC2)NC(=O)[C@H](Cc2ccc(OC)cc2)NC(=O)[C@H](C)NC(=O)CNC(=O)CN2CCOCC2)c(F)c1OC=O. The summed E-state index contributed by atoms with van der Waals surface area (Å²) >= 11 is 0.742. The van der Waals surface area contributed by atoms with Crippen molar-refractivity contribution in [2.45, 2.75) is 83.8 Å². The van der Waals surface area contributed by atoms with Gasteiger partial charge in [-0.05, 0) is 62.4 Å². The molecule has 14 nitrogen and oxygen atoms in total. The normalized spacial score (nSPS) is 16.6. The summed E-state index contributed by atoms with van der Waals surface area (Å²) < 4.78 is 51.7. The van der Waals surface area contributed by atoms with Crippen LogP contribution in [0.2, 0.25) is 0 Å². The molecule has 4 rings (SSSR count). The summed E-state index contributed by atoms with van der Waals surface area (Å²) in [7, 11) is 1.53. The van der Waals surface area contributed by atoms with Crippen LogP contribution in [0.4, 0.5) is 8.78 Å². The number of carbonyl (C=O) groups is 5. The highest BCUT2D eigenvalue weighted by Gasteiger charge is 2.29. The number of carbonyl (C=O) groups excluding carboxylic acids is 5. The van der Waals surface area contributed by atoms with Crippen molar-refractivity contribution in [3.63, 3.8) is 0 Å². The summed E-state index contributed by atoms with van der Waals surface area (Å²) in [6, 6.07) is 5.37. The minimum absolute atomic E-state index is 0.0550. The summed E-state index contributed by atoms with van der Waals surface area (Å²) in [5, 5.41) is 11.0. The van der Waals surface area contributed by atoms with Gasteiger partial charge in [-0.1, -0.05) is 50.3 Å². The number of morpholine rings is 1. The fourth-order valence-electron chi connectivity index (χ4n) is 6.80. The second-order valence-electron chi connectivity index (χ2n) is 14.4. The third-order valence-corrected chi connectivity index (χ3v) is 11.0. The van der Waals surface area contributed by atoms with Crippen LogP contribution in [0, 0.1) is 17.6 Å². The fraction of sp³-hybridized carbons (Fsp3) is 0.537. The lowest BCUT2D eigenvalue weighted by Gasteiger charge is -2.29. The number of rotatable bonds is 21. The summed E-state index contributed by atoms with van der Waals surface area (Å²) in [4.78, 5) is 65.8. The van der Waals surface area contributed by atoms with Gasteiger partial charge in [0.05, 0.1) is 51.2 Å². The molecular weight excluding hydrogens is 777 g/mol. The van der Waals surface area contributed by atoms with E-state index in [1.807, 2.05) is 4.90 Å². The van der Waals surface area contributed by atoms with Crippen LogP contribution in [0.5, 0.6) is 17.2 Å². The Balaban J connectivity index is 1.45. The van der Waals surface area contributed by atoms with E-state index in [1.165, 1.54) is 14.0 Å². The first kappa shape index (κ1) is 46.0. The molecule has 3 atom stereocenters. The van der Waals surface area contributed by atoms with E-state index in [1.54, 1.807) is 44.2 Å². The molecule has 1 saturated heterocycles.